The van der Waals surface area contributed by atoms with Crippen molar-refractivity contribution in [2.45, 2.75) is 20.3 Å². The summed E-state index contributed by atoms with van der Waals surface area (Å²) in [6, 6.07) is 0. The average molecular weight is 357 g/mol. The van der Waals surface area contributed by atoms with Crippen molar-refractivity contribution in [3.05, 3.63) is 12.7 Å². The second kappa shape index (κ2) is 13.2. The Labute approximate surface area is 121 Å². The van der Waals surface area contributed by atoms with Crippen molar-refractivity contribution < 1.29 is 0 Å². The van der Waals surface area contributed by atoms with Crippen molar-refractivity contribution in [2.24, 2.45) is 16.6 Å². The molecule has 3 nitrogen and oxygen atoms in total. The molecule has 16 heavy (non-hydrogen) atoms. The van der Waals surface area contributed by atoms with E-state index in [1.165, 1.54) is 0 Å². The lowest BCUT2D eigenvalue weighted by molar-refractivity contribution is 0.596. The zero-order chi connectivity index (χ0) is 11.5. The molecule has 0 saturated heterocycles. The molecule has 5 heteroatoms. The molecule has 96 valence electrons. The predicted octanol–water partition coefficient (Wildman–Crippen LogP) is 2.47. The Morgan fingerprint density at radius 2 is 2.25 bits per heavy atom. The zero-order valence-electron chi connectivity index (χ0n) is 10.2. The van der Waals surface area contributed by atoms with Crippen LogP contribution in [0, 0.1) is 5.92 Å². The number of hydrogen-bond acceptors (Lipinski definition) is 2. The van der Waals surface area contributed by atoms with Crippen molar-refractivity contribution >= 4 is 41.7 Å². The standard InChI is InChI=1S/C11H23N3S.HI/c1-4-8-15-9-7-14-11(12)13-6-5-10(2)3;/h4,10H,1,5-9H2,2-3H3,(H3,12,13,14);1H. The van der Waals surface area contributed by atoms with Gasteiger partial charge < -0.3 is 11.1 Å². The minimum atomic E-state index is 0. The second-order valence-electron chi connectivity index (χ2n) is 3.74. The van der Waals surface area contributed by atoms with Crippen LogP contribution < -0.4 is 11.1 Å². The van der Waals surface area contributed by atoms with Crippen LogP contribution in [0.15, 0.2) is 17.6 Å². The quantitative estimate of drug-likeness (QED) is 0.231. The molecule has 0 fully saturated rings. The molecule has 0 amide bonds. The van der Waals surface area contributed by atoms with Gasteiger partial charge in [-0.15, -0.1) is 30.6 Å². The third kappa shape index (κ3) is 14.1. The van der Waals surface area contributed by atoms with E-state index in [2.05, 4.69) is 30.7 Å². The van der Waals surface area contributed by atoms with E-state index in [1.807, 2.05) is 17.8 Å². The normalized spacial score (nSPS) is 11.1. The fourth-order valence-electron chi connectivity index (χ4n) is 0.917. The minimum absolute atomic E-state index is 0. The number of rotatable bonds is 8. The fourth-order valence-corrected chi connectivity index (χ4v) is 1.50. The summed E-state index contributed by atoms with van der Waals surface area (Å²) in [4.78, 5) is 4.24. The third-order valence-corrected chi connectivity index (χ3v) is 2.74. The maximum Gasteiger partial charge on any atom is 0.188 e. The summed E-state index contributed by atoms with van der Waals surface area (Å²) in [6.07, 6.45) is 3.00. The third-order valence-electron chi connectivity index (χ3n) is 1.78. The SMILES string of the molecule is C=CCSCCNC(N)=NCCC(C)C.I. The summed E-state index contributed by atoms with van der Waals surface area (Å²) in [7, 11) is 0. The molecule has 0 aliphatic carbocycles. The molecule has 3 N–H and O–H groups in total. The molecule has 0 aromatic carbocycles. The van der Waals surface area contributed by atoms with Gasteiger partial charge in [-0.05, 0) is 12.3 Å². The first-order valence-corrected chi connectivity index (χ1v) is 6.54. The van der Waals surface area contributed by atoms with Gasteiger partial charge in [-0.2, -0.15) is 11.8 Å². The van der Waals surface area contributed by atoms with Crippen LogP contribution in [0.1, 0.15) is 20.3 Å². The summed E-state index contributed by atoms with van der Waals surface area (Å²) < 4.78 is 0. The molecule has 0 heterocycles. The number of halogens is 1. The topological polar surface area (TPSA) is 50.4 Å². The highest BCUT2D eigenvalue weighted by Crippen LogP contribution is 1.98. The summed E-state index contributed by atoms with van der Waals surface area (Å²) in [5.41, 5.74) is 5.68. The summed E-state index contributed by atoms with van der Waals surface area (Å²) in [5.74, 6) is 3.28. The first-order chi connectivity index (χ1) is 7.16. The van der Waals surface area contributed by atoms with E-state index in [-0.39, 0.29) is 24.0 Å². The Bertz CT molecular complexity index is 196. The first-order valence-electron chi connectivity index (χ1n) is 5.39. The lowest BCUT2D eigenvalue weighted by Crippen LogP contribution is -2.33. The van der Waals surface area contributed by atoms with Crippen molar-refractivity contribution in [1.29, 1.82) is 0 Å². The molecule has 0 spiro atoms. The number of nitrogens with two attached hydrogens (primary N) is 1. The van der Waals surface area contributed by atoms with E-state index >= 15 is 0 Å². The number of hydrogen-bond donors (Lipinski definition) is 2. The van der Waals surface area contributed by atoms with Crippen LogP contribution in [0.3, 0.4) is 0 Å². The van der Waals surface area contributed by atoms with Gasteiger partial charge >= 0.3 is 0 Å². The van der Waals surface area contributed by atoms with Crippen LogP contribution in [0.2, 0.25) is 0 Å². The van der Waals surface area contributed by atoms with Crippen molar-refractivity contribution in [1.82, 2.24) is 5.32 Å². The minimum Gasteiger partial charge on any atom is -0.370 e. The Morgan fingerprint density at radius 1 is 1.56 bits per heavy atom. The smallest absolute Gasteiger partial charge is 0.188 e. The second-order valence-corrected chi connectivity index (χ2v) is 4.89. The van der Waals surface area contributed by atoms with E-state index in [9.17, 15) is 0 Å². The number of nitrogens with zero attached hydrogens (tertiary/aromatic N) is 1. The molecule has 0 bridgehead atoms. The molecule has 0 aliphatic heterocycles. The molecule has 0 radical (unpaired) electrons. The number of aliphatic imine (C=N–C) groups is 1. The molecular formula is C11H24IN3S. The van der Waals surface area contributed by atoms with Crippen molar-refractivity contribution in [3.8, 4) is 0 Å². The highest BCUT2D eigenvalue weighted by molar-refractivity contribution is 14.0. The van der Waals surface area contributed by atoms with Crippen LogP contribution in [-0.4, -0.2) is 30.6 Å². The van der Waals surface area contributed by atoms with Gasteiger partial charge in [-0.1, -0.05) is 19.9 Å². The Hall–Kier alpha value is 0.0900. The maximum absolute atomic E-state index is 5.68. The lowest BCUT2D eigenvalue weighted by Gasteiger charge is -2.05. The van der Waals surface area contributed by atoms with E-state index in [4.69, 9.17) is 5.73 Å². The summed E-state index contributed by atoms with van der Waals surface area (Å²) in [5, 5.41) is 3.09. The first kappa shape index (κ1) is 18.5. The van der Waals surface area contributed by atoms with Crippen LogP contribution in [-0.2, 0) is 0 Å². The zero-order valence-corrected chi connectivity index (χ0v) is 13.4. The van der Waals surface area contributed by atoms with Crippen LogP contribution in [0.25, 0.3) is 0 Å². The summed E-state index contributed by atoms with van der Waals surface area (Å²) in [6.45, 7) is 9.72. The van der Waals surface area contributed by atoms with Gasteiger partial charge in [0, 0.05) is 24.6 Å². The summed E-state index contributed by atoms with van der Waals surface area (Å²) >= 11 is 1.83. The molecule has 0 aliphatic rings. The number of thioether (sulfide) groups is 1. The molecular weight excluding hydrogens is 333 g/mol. The van der Waals surface area contributed by atoms with Gasteiger partial charge in [0.25, 0.3) is 0 Å². The molecule has 0 aromatic rings. The monoisotopic (exact) mass is 357 g/mol. The van der Waals surface area contributed by atoms with E-state index in [1.54, 1.807) is 0 Å². The van der Waals surface area contributed by atoms with Gasteiger partial charge in [-0.25, -0.2) is 0 Å². The van der Waals surface area contributed by atoms with Crippen LogP contribution in [0.4, 0.5) is 0 Å². The van der Waals surface area contributed by atoms with E-state index < -0.39 is 0 Å². The highest BCUT2D eigenvalue weighted by atomic mass is 127. The Morgan fingerprint density at radius 3 is 2.81 bits per heavy atom. The lowest BCUT2D eigenvalue weighted by atomic mass is 10.1. The van der Waals surface area contributed by atoms with Crippen LogP contribution >= 0.6 is 35.7 Å². The van der Waals surface area contributed by atoms with Gasteiger partial charge in [0.1, 0.15) is 0 Å². The van der Waals surface area contributed by atoms with Gasteiger partial charge in [0.2, 0.25) is 0 Å². The van der Waals surface area contributed by atoms with Crippen molar-refractivity contribution in [2.75, 3.05) is 24.6 Å². The molecule has 0 aromatic heterocycles. The van der Waals surface area contributed by atoms with Gasteiger partial charge in [-0.3, -0.25) is 4.99 Å². The van der Waals surface area contributed by atoms with E-state index in [0.29, 0.717) is 11.9 Å². The highest BCUT2D eigenvalue weighted by Gasteiger charge is 1.93. The van der Waals surface area contributed by atoms with Gasteiger partial charge in [0.05, 0.1) is 0 Å². The Kier molecular flexibility index (Phi) is 15.2. The van der Waals surface area contributed by atoms with Crippen LogP contribution in [0.5, 0.6) is 0 Å². The predicted molar refractivity (Wildman–Crippen MR) is 86.9 cm³/mol. The van der Waals surface area contributed by atoms with Gasteiger partial charge in [0.15, 0.2) is 5.96 Å². The van der Waals surface area contributed by atoms with Crippen molar-refractivity contribution in [3.63, 3.8) is 0 Å². The molecule has 0 rings (SSSR count). The Balaban J connectivity index is 0. The fraction of sp³-hybridized carbons (Fsp3) is 0.727. The number of nitrogens with one attached hydrogen (secondary N) is 1. The maximum atomic E-state index is 5.68. The largest absolute Gasteiger partial charge is 0.370 e. The molecule has 0 unspecified atom stereocenters. The average Bonchev–Trinajstić information content (AvgIpc) is 2.17. The van der Waals surface area contributed by atoms with E-state index in [0.717, 1.165) is 31.0 Å². The number of guanidine groups is 1. The molecule has 0 atom stereocenters. The molecule has 0 saturated carbocycles.